The Labute approximate surface area is 113 Å². The van der Waals surface area contributed by atoms with Gasteiger partial charge in [0.05, 0.1) is 0 Å². The van der Waals surface area contributed by atoms with Gasteiger partial charge in [0.1, 0.15) is 11.4 Å². The number of phenols is 1. The first-order valence-corrected chi connectivity index (χ1v) is 6.25. The second-order valence-corrected chi connectivity index (χ2v) is 5.65. The van der Waals surface area contributed by atoms with E-state index in [1.54, 1.807) is 32.9 Å². The molecule has 0 spiro atoms. The maximum absolute atomic E-state index is 11.6. The summed E-state index contributed by atoms with van der Waals surface area (Å²) in [7, 11) is 0. The second-order valence-electron chi connectivity index (χ2n) is 5.65. The monoisotopic (exact) mass is 266 g/mol. The van der Waals surface area contributed by atoms with E-state index in [1.165, 1.54) is 6.07 Å². The van der Waals surface area contributed by atoms with E-state index >= 15 is 0 Å². The number of nitrogens with one attached hydrogen (secondary N) is 1. The Morgan fingerprint density at radius 2 is 2.11 bits per heavy atom. The van der Waals surface area contributed by atoms with Crippen molar-refractivity contribution in [2.75, 3.05) is 5.32 Å². The molecule has 0 fully saturated rings. The third kappa shape index (κ3) is 5.61. The molecule has 0 saturated heterocycles. The molecule has 19 heavy (non-hydrogen) atoms. The highest BCUT2D eigenvalue weighted by Crippen LogP contribution is 2.23. The number of benzene rings is 1. The number of ether oxygens (including phenoxy) is 1. The van der Waals surface area contributed by atoms with Crippen LogP contribution in [-0.2, 0) is 11.2 Å². The number of amides is 1. The van der Waals surface area contributed by atoms with Crippen LogP contribution in [0.15, 0.2) is 18.2 Å². The van der Waals surface area contributed by atoms with E-state index in [9.17, 15) is 9.90 Å². The van der Waals surface area contributed by atoms with E-state index in [1.807, 2.05) is 6.92 Å². The number of aromatic hydroxyl groups is 1. The maximum atomic E-state index is 11.6. The molecule has 0 aliphatic carbocycles. The van der Waals surface area contributed by atoms with Crippen LogP contribution in [0.25, 0.3) is 0 Å². The highest BCUT2D eigenvalue weighted by molar-refractivity contribution is 5.85. The van der Waals surface area contributed by atoms with Crippen LogP contribution in [0, 0.1) is 0 Å². The number of hydrogen-bond acceptors (Lipinski definition) is 4. The smallest absolute Gasteiger partial charge is 0.412 e. The summed E-state index contributed by atoms with van der Waals surface area (Å²) in [4.78, 5) is 11.6. The van der Waals surface area contributed by atoms with E-state index in [4.69, 9.17) is 10.5 Å². The van der Waals surface area contributed by atoms with Gasteiger partial charge in [-0.15, -0.1) is 0 Å². The molecular weight excluding hydrogens is 244 g/mol. The Morgan fingerprint density at radius 1 is 1.47 bits per heavy atom. The maximum Gasteiger partial charge on any atom is 0.412 e. The van der Waals surface area contributed by atoms with Crippen molar-refractivity contribution in [2.24, 2.45) is 5.73 Å². The van der Waals surface area contributed by atoms with Crippen molar-refractivity contribution in [3.63, 3.8) is 0 Å². The Morgan fingerprint density at radius 3 is 2.63 bits per heavy atom. The van der Waals surface area contributed by atoms with Crippen LogP contribution in [0.2, 0.25) is 0 Å². The van der Waals surface area contributed by atoms with E-state index in [-0.39, 0.29) is 11.8 Å². The van der Waals surface area contributed by atoms with Gasteiger partial charge in [0.25, 0.3) is 0 Å². The summed E-state index contributed by atoms with van der Waals surface area (Å²) in [6.45, 7) is 7.24. The summed E-state index contributed by atoms with van der Waals surface area (Å²) in [6, 6.07) is 4.78. The Bertz CT molecular complexity index is 450. The normalized spacial score (nSPS) is 12.9. The van der Waals surface area contributed by atoms with Crippen molar-refractivity contribution in [1.29, 1.82) is 0 Å². The summed E-state index contributed by atoms with van der Waals surface area (Å²) >= 11 is 0. The van der Waals surface area contributed by atoms with Crippen molar-refractivity contribution < 1.29 is 14.6 Å². The lowest BCUT2D eigenvalue weighted by atomic mass is 10.1. The van der Waals surface area contributed by atoms with E-state index in [0.29, 0.717) is 17.7 Å². The van der Waals surface area contributed by atoms with Crippen LogP contribution in [0.1, 0.15) is 33.3 Å². The molecule has 0 aliphatic rings. The average molecular weight is 266 g/mol. The lowest BCUT2D eigenvalue weighted by Gasteiger charge is -2.20. The third-order valence-electron chi connectivity index (χ3n) is 2.27. The number of hydrogen-bond donors (Lipinski definition) is 3. The summed E-state index contributed by atoms with van der Waals surface area (Å²) in [5, 5.41) is 12.3. The molecule has 0 aliphatic heterocycles. The molecule has 5 heteroatoms. The summed E-state index contributed by atoms with van der Waals surface area (Å²) < 4.78 is 5.16. The number of carbonyl (C=O) groups excluding carboxylic acids is 1. The van der Waals surface area contributed by atoms with Gasteiger partial charge >= 0.3 is 6.09 Å². The number of anilines is 1. The Kier molecular flexibility index (Phi) is 4.78. The van der Waals surface area contributed by atoms with Gasteiger partial charge in [-0.1, -0.05) is 0 Å². The first-order chi connectivity index (χ1) is 8.67. The molecule has 0 heterocycles. The van der Waals surface area contributed by atoms with Gasteiger partial charge in [-0.2, -0.15) is 0 Å². The quantitative estimate of drug-likeness (QED) is 0.734. The van der Waals surface area contributed by atoms with E-state index < -0.39 is 11.7 Å². The molecule has 5 nitrogen and oxygen atoms in total. The van der Waals surface area contributed by atoms with Gasteiger partial charge < -0.3 is 15.6 Å². The van der Waals surface area contributed by atoms with Crippen LogP contribution in [0.5, 0.6) is 5.75 Å². The SMILES string of the molecule is C[C@H](N)Cc1cc(NC(=O)OC(C)(C)C)ccc1O. The van der Waals surface area contributed by atoms with Crippen molar-refractivity contribution in [3.05, 3.63) is 23.8 Å². The zero-order valence-electron chi connectivity index (χ0n) is 11.9. The molecule has 106 valence electrons. The number of phenolic OH excluding ortho intramolecular Hbond substituents is 1. The lowest BCUT2D eigenvalue weighted by Crippen LogP contribution is -2.27. The Hall–Kier alpha value is -1.75. The van der Waals surface area contributed by atoms with Crippen molar-refractivity contribution in [3.8, 4) is 5.75 Å². The van der Waals surface area contributed by atoms with Crippen LogP contribution >= 0.6 is 0 Å². The molecule has 1 rings (SSSR count). The van der Waals surface area contributed by atoms with E-state index in [2.05, 4.69) is 5.32 Å². The molecule has 0 bridgehead atoms. The summed E-state index contributed by atoms with van der Waals surface area (Å²) in [5.41, 5.74) is 6.43. The standard InChI is InChI=1S/C14H22N2O3/c1-9(15)7-10-8-11(5-6-12(10)17)16-13(18)19-14(2,3)4/h5-6,8-9,17H,7,15H2,1-4H3,(H,16,18)/t9-/m0/s1. The van der Waals surface area contributed by atoms with Gasteiger partial charge in [-0.05, 0) is 57.9 Å². The van der Waals surface area contributed by atoms with Gasteiger partial charge in [0, 0.05) is 11.7 Å². The molecule has 1 amide bonds. The number of carbonyl (C=O) groups is 1. The minimum absolute atomic E-state index is 0.0670. The first-order valence-electron chi connectivity index (χ1n) is 6.25. The third-order valence-corrected chi connectivity index (χ3v) is 2.27. The van der Waals surface area contributed by atoms with Crippen molar-refractivity contribution >= 4 is 11.8 Å². The zero-order valence-corrected chi connectivity index (χ0v) is 11.9. The van der Waals surface area contributed by atoms with Gasteiger partial charge in [-0.25, -0.2) is 4.79 Å². The number of nitrogens with two attached hydrogens (primary N) is 1. The summed E-state index contributed by atoms with van der Waals surface area (Å²) in [6.07, 6.45) is 0.0142. The minimum Gasteiger partial charge on any atom is -0.508 e. The molecule has 0 unspecified atom stereocenters. The molecule has 1 aromatic rings. The fourth-order valence-electron chi connectivity index (χ4n) is 1.60. The highest BCUT2D eigenvalue weighted by Gasteiger charge is 2.16. The topological polar surface area (TPSA) is 84.6 Å². The van der Waals surface area contributed by atoms with Crippen LogP contribution in [-0.4, -0.2) is 22.8 Å². The first kappa shape index (κ1) is 15.3. The van der Waals surface area contributed by atoms with Crippen molar-refractivity contribution in [2.45, 2.75) is 45.8 Å². The number of rotatable bonds is 3. The zero-order chi connectivity index (χ0) is 14.6. The molecule has 1 atom stereocenters. The molecule has 4 N–H and O–H groups in total. The molecule has 0 aromatic heterocycles. The fourth-order valence-corrected chi connectivity index (χ4v) is 1.60. The fraction of sp³-hybridized carbons (Fsp3) is 0.500. The predicted octanol–water partition coefficient (Wildman–Crippen LogP) is 2.63. The van der Waals surface area contributed by atoms with Gasteiger partial charge in [0.15, 0.2) is 0 Å². The van der Waals surface area contributed by atoms with Gasteiger partial charge in [-0.3, -0.25) is 5.32 Å². The second kappa shape index (κ2) is 5.93. The molecule has 0 saturated carbocycles. The minimum atomic E-state index is -0.546. The average Bonchev–Trinajstić information content (AvgIpc) is 2.19. The predicted molar refractivity (Wildman–Crippen MR) is 75.3 cm³/mol. The molecular formula is C14H22N2O3. The van der Waals surface area contributed by atoms with Crippen LogP contribution in [0.3, 0.4) is 0 Å². The van der Waals surface area contributed by atoms with Crippen LogP contribution < -0.4 is 11.1 Å². The van der Waals surface area contributed by atoms with Gasteiger partial charge in [0.2, 0.25) is 0 Å². The summed E-state index contributed by atoms with van der Waals surface area (Å²) in [5.74, 6) is 0.173. The lowest BCUT2D eigenvalue weighted by molar-refractivity contribution is 0.0636. The largest absolute Gasteiger partial charge is 0.508 e. The molecule has 0 radical (unpaired) electrons. The van der Waals surface area contributed by atoms with E-state index in [0.717, 1.165) is 0 Å². The van der Waals surface area contributed by atoms with Crippen LogP contribution in [0.4, 0.5) is 10.5 Å². The van der Waals surface area contributed by atoms with Crippen molar-refractivity contribution in [1.82, 2.24) is 0 Å². The Balaban J connectivity index is 2.77. The highest BCUT2D eigenvalue weighted by atomic mass is 16.6. The molecule has 1 aromatic carbocycles.